The summed E-state index contributed by atoms with van der Waals surface area (Å²) in [5.41, 5.74) is 7.94. The van der Waals surface area contributed by atoms with Crippen LogP contribution in [0.4, 0.5) is 0 Å². The molecule has 0 saturated heterocycles. The molecule has 6 nitrogen and oxygen atoms in total. The Labute approximate surface area is 313 Å². The summed E-state index contributed by atoms with van der Waals surface area (Å²) < 4.78 is 0. The van der Waals surface area contributed by atoms with Crippen molar-refractivity contribution in [1.29, 1.82) is 0 Å². The van der Waals surface area contributed by atoms with Gasteiger partial charge in [-0.2, -0.15) is 0 Å². The number of pyridine rings is 6. The van der Waals surface area contributed by atoms with Crippen molar-refractivity contribution in [3.05, 3.63) is 214 Å². The number of hydrogen-bond acceptors (Lipinski definition) is 6. The Morgan fingerprint density at radius 2 is 0.315 bits per heavy atom. The van der Waals surface area contributed by atoms with Crippen LogP contribution >= 0.6 is 0 Å². The smallest absolute Gasteiger partial charge is 0.0588 e. The third kappa shape index (κ3) is 8.98. The minimum Gasteiger partial charge on any atom is -0.265 e. The molecular formula is C48H24N6. The Bertz CT molecular complexity index is 2270. The molecule has 54 heavy (non-hydrogen) atoms. The van der Waals surface area contributed by atoms with E-state index in [9.17, 15) is 0 Å². The fraction of sp³-hybridized carbons (Fsp3) is 0. The van der Waals surface area contributed by atoms with Crippen LogP contribution in [0.25, 0.3) is 0 Å². The molecule has 0 aliphatic carbocycles. The lowest BCUT2D eigenvalue weighted by molar-refractivity contribution is 1.32. The summed E-state index contributed by atoms with van der Waals surface area (Å²) in [7, 11) is 0. The van der Waals surface area contributed by atoms with Crippen molar-refractivity contribution >= 4 is 0 Å². The van der Waals surface area contributed by atoms with Gasteiger partial charge in [0.15, 0.2) is 0 Å². The molecule has 0 aliphatic heterocycles. The molecule has 0 bridgehead atoms. The summed E-state index contributed by atoms with van der Waals surface area (Å²) in [6.45, 7) is 0. The minimum absolute atomic E-state index is 0.558. The molecule has 0 radical (unpaired) electrons. The van der Waals surface area contributed by atoms with Gasteiger partial charge in [-0.15, -0.1) is 0 Å². The molecule has 6 heterocycles. The van der Waals surface area contributed by atoms with Gasteiger partial charge in [-0.25, -0.2) is 0 Å². The van der Waals surface area contributed by atoms with Gasteiger partial charge in [-0.1, -0.05) is 71.0 Å². The second-order valence-corrected chi connectivity index (χ2v) is 11.2. The topological polar surface area (TPSA) is 77.3 Å². The van der Waals surface area contributed by atoms with Crippen LogP contribution in [0.3, 0.4) is 0 Å². The van der Waals surface area contributed by atoms with Gasteiger partial charge in [0.1, 0.15) is 0 Å². The number of nitrogens with zero attached hydrogens (tertiary/aromatic N) is 6. The largest absolute Gasteiger partial charge is 0.265 e. The predicted molar refractivity (Wildman–Crippen MR) is 208 cm³/mol. The maximum Gasteiger partial charge on any atom is 0.0588 e. The third-order valence-corrected chi connectivity index (χ3v) is 7.57. The molecule has 0 amide bonds. The Kier molecular flexibility index (Phi) is 11.0. The van der Waals surface area contributed by atoms with Gasteiger partial charge in [0, 0.05) is 108 Å². The highest BCUT2D eigenvalue weighted by atomic mass is 14.6. The average Bonchev–Trinajstić information content (AvgIpc) is 3.24. The third-order valence-electron chi connectivity index (χ3n) is 7.57. The van der Waals surface area contributed by atoms with Crippen LogP contribution in [0, 0.1) is 71.0 Å². The standard InChI is InChI=1S/C48H24N6/c1(37-13-25-49-26-14-37)7-43-44(8-2-38-15-27-50-28-16-38)46(10-4-40-19-31-52-32-20-40)48(12-6-42-23-35-54-36-24-42)47(11-5-41-21-33-53-34-22-41)45(43)9-3-39-17-29-51-30-18-39/h13-36H. The summed E-state index contributed by atoms with van der Waals surface area (Å²) in [5, 5.41) is 0. The number of rotatable bonds is 0. The summed E-state index contributed by atoms with van der Waals surface area (Å²) in [6.07, 6.45) is 20.4. The van der Waals surface area contributed by atoms with Crippen molar-refractivity contribution in [3.63, 3.8) is 0 Å². The Hall–Kier alpha value is -8.52. The summed E-state index contributed by atoms with van der Waals surface area (Å²) in [6, 6.07) is 22.2. The van der Waals surface area contributed by atoms with Crippen LogP contribution in [0.15, 0.2) is 147 Å². The molecule has 0 atom stereocenters. The van der Waals surface area contributed by atoms with Gasteiger partial charge in [0.05, 0.1) is 33.4 Å². The van der Waals surface area contributed by atoms with Crippen LogP contribution in [0.5, 0.6) is 0 Å². The van der Waals surface area contributed by atoms with Gasteiger partial charge in [0.25, 0.3) is 0 Å². The lowest BCUT2D eigenvalue weighted by Gasteiger charge is -2.12. The minimum atomic E-state index is 0.558. The number of hydrogen-bond donors (Lipinski definition) is 0. The first-order valence-electron chi connectivity index (χ1n) is 16.6. The van der Waals surface area contributed by atoms with E-state index in [4.69, 9.17) is 0 Å². The quantitative estimate of drug-likeness (QED) is 0.171. The molecule has 0 aliphatic rings. The first-order valence-corrected chi connectivity index (χ1v) is 16.6. The molecule has 6 aromatic heterocycles. The molecule has 7 aromatic rings. The molecule has 0 spiro atoms. The van der Waals surface area contributed by atoms with E-state index in [1.54, 1.807) is 74.4 Å². The first kappa shape index (κ1) is 34.0. The van der Waals surface area contributed by atoms with Gasteiger partial charge in [-0.05, 0) is 72.8 Å². The fourth-order valence-corrected chi connectivity index (χ4v) is 4.92. The van der Waals surface area contributed by atoms with E-state index >= 15 is 0 Å². The second kappa shape index (κ2) is 17.4. The van der Waals surface area contributed by atoms with E-state index in [1.165, 1.54) is 0 Å². The van der Waals surface area contributed by atoms with Crippen LogP contribution in [-0.4, -0.2) is 29.9 Å². The van der Waals surface area contributed by atoms with E-state index in [1.807, 2.05) is 72.8 Å². The molecule has 1 aromatic carbocycles. The monoisotopic (exact) mass is 684 g/mol. The zero-order chi connectivity index (χ0) is 36.6. The Balaban J connectivity index is 1.65. The highest BCUT2D eigenvalue weighted by Crippen LogP contribution is 2.28. The molecule has 0 fully saturated rings. The van der Waals surface area contributed by atoms with Crippen molar-refractivity contribution < 1.29 is 0 Å². The molecular weight excluding hydrogens is 661 g/mol. The first-order chi connectivity index (χ1) is 26.8. The van der Waals surface area contributed by atoms with Gasteiger partial charge < -0.3 is 0 Å². The van der Waals surface area contributed by atoms with Crippen molar-refractivity contribution in [2.45, 2.75) is 0 Å². The maximum absolute atomic E-state index is 4.17. The number of benzene rings is 1. The lowest BCUT2D eigenvalue weighted by Crippen LogP contribution is -2.05. The zero-order valence-electron chi connectivity index (χ0n) is 28.5. The lowest BCUT2D eigenvalue weighted by atomic mass is 9.86. The summed E-state index contributed by atoms with van der Waals surface area (Å²) in [4.78, 5) is 25.0. The average molecular weight is 685 g/mol. The zero-order valence-corrected chi connectivity index (χ0v) is 28.5. The molecule has 6 heteroatoms. The van der Waals surface area contributed by atoms with E-state index in [2.05, 4.69) is 101 Å². The number of aromatic nitrogens is 6. The highest BCUT2D eigenvalue weighted by molar-refractivity contribution is 5.78. The fourth-order valence-electron chi connectivity index (χ4n) is 4.92. The molecule has 7 rings (SSSR count). The second-order valence-electron chi connectivity index (χ2n) is 11.2. The molecule has 0 N–H and O–H groups in total. The van der Waals surface area contributed by atoms with Crippen LogP contribution < -0.4 is 0 Å². The van der Waals surface area contributed by atoms with Gasteiger partial charge >= 0.3 is 0 Å². The van der Waals surface area contributed by atoms with Crippen molar-refractivity contribution in [2.24, 2.45) is 0 Å². The van der Waals surface area contributed by atoms with Crippen molar-refractivity contribution in [2.75, 3.05) is 0 Å². The van der Waals surface area contributed by atoms with Gasteiger partial charge in [-0.3, -0.25) is 29.9 Å². The van der Waals surface area contributed by atoms with E-state index in [0.717, 1.165) is 33.4 Å². The van der Waals surface area contributed by atoms with Crippen LogP contribution in [-0.2, 0) is 0 Å². The predicted octanol–water partition coefficient (Wildman–Crippen LogP) is 6.46. The normalized spacial score (nSPS) is 9.33. The maximum atomic E-state index is 4.17. The van der Waals surface area contributed by atoms with Crippen LogP contribution in [0.2, 0.25) is 0 Å². The summed E-state index contributed by atoms with van der Waals surface area (Å²) in [5.74, 6) is 40.5. The van der Waals surface area contributed by atoms with E-state index in [-0.39, 0.29) is 0 Å². The van der Waals surface area contributed by atoms with Gasteiger partial charge in [0.2, 0.25) is 0 Å². The van der Waals surface area contributed by atoms with E-state index < -0.39 is 0 Å². The van der Waals surface area contributed by atoms with E-state index in [0.29, 0.717) is 33.4 Å². The van der Waals surface area contributed by atoms with Crippen molar-refractivity contribution in [1.82, 2.24) is 29.9 Å². The summed E-state index contributed by atoms with van der Waals surface area (Å²) >= 11 is 0. The van der Waals surface area contributed by atoms with Crippen molar-refractivity contribution in [3.8, 4) is 71.0 Å². The SMILES string of the molecule is C(#Cc1c(C#Cc2ccncc2)c(C#Cc2ccncc2)c(C#Cc2ccncc2)c(C#Cc2ccncc2)c1C#Cc1ccncc1)c1ccncc1. The Morgan fingerprint density at radius 1 is 0.185 bits per heavy atom. The molecule has 0 saturated carbocycles. The molecule has 246 valence electrons. The van der Waals surface area contributed by atoms with Crippen LogP contribution in [0.1, 0.15) is 66.8 Å². The highest BCUT2D eigenvalue weighted by Gasteiger charge is 2.20. The molecule has 0 unspecified atom stereocenters. The Morgan fingerprint density at radius 3 is 0.444 bits per heavy atom.